The number of aromatic nitrogens is 3. The maximum atomic E-state index is 9.59. The molecule has 0 bridgehead atoms. The number of allylic oxidation sites excluding steroid dienone is 2. The van der Waals surface area contributed by atoms with E-state index < -0.39 is 0 Å². The Morgan fingerprint density at radius 3 is 2.08 bits per heavy atom. The lowest BCUT2D eigenvalue weighted by Gasteiger charge is -2.51. The molecule has 2 atom stereocenters. The van der Waals surface area contributed by atoms with Gasteiger partial charge in [-0.05, 0) is 102 Å². The van der Waals surface area contributed by atoms with Gasteiger partial charge in [0, 0.05) is 29.9 Å². The van der Waals surface area contributed by atoms with E-state index >= 15 is 0 Å². The van der Waals surface area contributed by atoms with Crippen LogP contribution in [0.4, 0.5) is 11.4 Å². The molecule has 7 heteroatoms. The minimum absolute atomic E-state index is 0.0481. The predicted molar refractivity (Wildman–Crippen MR) is 209 cm³/mol. The number of aryl methyl sites for hydroxylation is 1. The van der Waals surface area contributed by atoms with E-state index in [1.165, 1.54) is 18.4 Å². The first-order valence-corrected chi connectivity index (χ1v) is 18.6. The molecule has 1 fully saturated rings. The molecule has 1 saturated carbocycles. The van der Waals surface area contributed by atoms with Gasteiger partial charge in [-0.3, -0.25) is 0 Å². The number of aliphatic hydroxyl groups excluding tert-OH is 1. The minimum Gasteiger partial charge on any atom is -0.395 e. The van der Waals surface area contributed by atoms with Gasteiger partial charge in [0.05, 0.1) is 18.9 Å². The van der Waals surface area contributed by atoms with Crippen LogP contribution in [0.2, 0.25) is 0 Å². The number of benzene rings is 2. The van der Waals surface area contributed by atoms with Crippen LogP contribution in [0.5, 0.6) is 0 Å². The first-order chi connectivity index (χ1) is 23.4. The fraction of sp³-hybridized carbons (Fsp3) is 0.581. The summed E-state index contributed by atoms with van der Waals surface area (Å²) in [6, 6.07) is 14.8. The van der Waals surface area contributed by atoms with Crippen molar-refractivity contribution in [2.24, 2.45) is 39.5 Å². The summed E-state index contributed by atoms with van der Waals surface area (Å²) in [6.07, 6.45) is 3.16. The number of nitrogens with zero attached hydrogens (tertiary/aromatic N) is 6. The molecule has 268 valence electrons. The van der Waals surface area contributed by atoms with Crippen molar-refractivity contribution in [1.82, 2.24) is 14.8 Å². The van der Waals surface area contributed by atoms with Gasteiger partial charge in [-0.15, -0.1) is 5.10 Å². The van der Waals surface area contributed by atoms with Crippen LogP contribution in [0.15, 0.2) is 53.2 Å². The van der Waals surface area contributed by atoms with Gasteiger partial charge >= 0.3 is 0 Å². The van der Waals surface area contributed by atoms with E-state index in [0.29, 0.717) is 47.6 Å². The lowest BCUT2D eigenvalue weighted by Crippen LogP contribution is -2.43. The first-order valence-electron chi connectivity index (χ1n) is 18.6. The molecule has 5 rings (SSSR count). The molecule has 2 aromatic carbocycles. The van der Waals surface area contributed by atoms with Gasteiger partial charge in [0.25, 0.3) is 0 Å². The predicted octanol–water partition coefficient (Wildman–Crippen LogP) is 10.4. The number of fused-ring (bicyclic) bond motifs is 1. The molecule has 0 radical (unpaired) electrons. The highest BCUT2D eigenvalue weighted by molar-refractivity contribution is 6.13. The topological polar surface area (TPSA) is 70.9 Å². The molecule has 50 heavy (non-hydrogen) atoms. The highest BCUT2D eigenvalue weighted by atomic mass is 16.3. The van der Waals surface area contributed by atoms with E-state index in [4.69, 9.17) is 21.6 Å². The maximum Gasteiger partial charge on any atom is 0.237 e. The van der Waals surface area contributed by atoms with E-state index in [1.807, 2.05) is 10.7 Å². The molecule has 0 saturated heterocycles. The number of hydrogen-bond acceptors (Lipinski definition) is 5. The Labute approximate surface area is 301 Å². The van der Waals surface area contributed by atoms with Crippen LogP contribution < -0.4 is 4.90 Å². The summed E-state index contributed by atoms with van der Waals surface area (Å²) < 4.78 is 1.84. The zero-order valence-electron chi connectivity index (χ0n) is 32.7. The fourth-order valence-electron chi connectivity index (χ4n) is 8.41. The summed E-state index contributed by atoms with van der Waals surface area (Å²) in [7, 11) is 0. The largest absolute Gasteiger partial charge is 0.395 e. The van der Waals surface area contributed by atoms with E-state index in [2.05, 4.69) is 129 Å². The molecular formula is C43H60N6O. The van der Waals surface area contributed by atoms with Crippen LogP contribution in [0, 0.1) is 48.0 Å². The van der Waals surface area contributed by atoms with Gasteiger partial charge in [-0.25, -0.2) is 19.5 Å². The average Bonchev–Trinajstić information content (AvgIpc) is 3.58. The summed E-state index contributed by atoms with van der Waals surface area (Å²) in [5.41, 5.74) is 6.92. The standard InChI is InChI=1S/C43H60N6O/c1-14-48(21-22-50)31-19-20-36(28(3)25-31)45-40-37(44-13)33(26-32-34(42(7,8)9)23-27(2)24-35(32)43(10,11)12)39-46-38(47-49(39)40)29-15-17-30(18-16-29)41(4,5)6/h15-20,25,27,32,34-35,50H,14,21-24,26H2,1-12H3. The maximum absolute atomic E-state index is 9.59. The second-order valence-corrected chi connectivity index (χ2v) is 18.0. The highest BCUT2D eigenvalue weighted by Crippen LogP contribution is 2.55. The molecule has 3 aromatic rings. The molecular weight excluding hydrogens is 617 g/mol. The highest BCUT2D eigenvalue weighted by Gasteiger charge is 2.47. The summed E-state index contributed by atoms with van der Waals surface area (Å²) in [5, 5.41) is 14.7. The lowest BCUT2D eigenvalue weighted by atomic mass is 9.54. The van der Waals surface area contributed by atoms with Gasteiger partial charge in [0.1, 0.15) is 5.82 Å². The second kappa shape index (κ2) is 14.1. The Kier molecular flexibility index (Phi) is 10.6. The molecule has 2 heterocycles. The van der Waals surface area contributed by atoms with E-state index in [9.17, 15) is 5.11 Å². The van der Waals surface area contributed by atoms with Crippen molar-refractivity contribution in [2.45, 2.75) is 108 Å². The van der Waals surface area contributed by atoms with Gasteiger partial charge in [0.15, 0.2) is 11.7 Å². The summed E-state index contributed by atoms with van der Waals surface area (Å²) in [5.74, 6) is 4.02. The molecule has 1 N–H and O–H groups in total. The third-order valence-corrected chi connectivity index (χ3v) is 11.2. The number of aliphatic hydroxyl groups is 1. The van der Waals surface area contributed by atoms with Gasteiger partial charge in [-0.2, -0.15) is 0 Å². The molecule has 2 unspecified atom stereocenters. The third kappa shape index (κ3) is 7.61. The van der Waals surface area contributed by atoms with E-state index in [-0.39, 0.29) is 22.9 Å². The SMILES string of the molecule is [C-]#[N+]C1=C(CC2C(C(C)(C)C)CC(C)CC2C(C)(C)C)c2nc(-c3ccc(C(C)(C)C)cc3)nn2C1=Nc1ccc(N(CC)CCO)cc1C. The number of rotatable bonds is 8. The van der Waals surface area contributed by atoms with E-state index in [1.54, 1.807) is 0 Å². The van der Waals surface area contributed by atoms with Crippen molar-refractivity contribution < 1.29 is 5.11 Å². The summed E-state index contributed by atoms with van der Waals surface area (Å²) >= 11 is 0. The Balaban J connectivity index is 1.67. The summed E-state index contributed by atoms with van der Waals surface area (Å²) in [4.78, 5) is 16.8. The Morgan fingerprint density at radius 2 is 1.58 bits per heavy atom. The molecule has 1 aliphatic heterocycles. The molecule has 0 spiro atoms. The molecule has 0 amide bonds. The average molecular weight is 677 g/mol. The van der Waals surface area contributed by atoms with Gasteiger partial charge in [0.2, 0.25) is 5.70 Å². The lowest BCUT2D eigenvalue weighted by molar-refractivity contribution is -0.0115. The van der Waals surface area contributed by atoms with E-state index in [0.717, 1.165) is 46.9 Å². The van der Waals surface area contributed by atoms with Crippen molar-refractivity contribution in [3.63, 3.8) is 0 Å². The smallest absolute Gasteiger partial charge is 0.237 e. The quantitative estimate of drug-likeness (QED) is 0.241. The van der Waals surface area contributed by atoms with Crippen molar-refractivity contribution >= 4 is 22.8 Å². The molecule has 1 aliphatic carbocycles. The monoisotopic (exact) mass is 676 g/mol. The van der Waals surface area contributed by atoms with Crippen LogP contribution in [0.3, 0.4) is 0 Å². The summed E-state index contributed by atoms with van der Waals surface area (Å²) in [6.45, 7) is 37.6. The number of hydrogen-bond donors (Lipinski definition) is 1. The second-order valence-electron chi connectivity index (χ2n) is 18.0. The minimum atomic E-state index is 0.0481. The number of anilines is 1. The zero-order valence-corrected chi connectivity index (χ0v) is 32.7. The van der Waals surface area contributed by atoms with Crippen molar-refractivity contribution in [3.05, 3.63) is 76.5 Å². The van der Waals surface area contributed by atoms with Crippen LogP contribution in [-0.2, 0) is 5.41 Å². The number of likely N-dealkylation sites (N-methyl/N-ethyl adjacent to an activating group) is 1. The zero-order chi connectivity index (χ0) is 36.8. The normalized spacial score (nSPS) is 22.2. The van der Waals surface area contributed by atoms with Gasteiger partial charge < -0.3 is 10.0 Å². The Hall–Kier alpha value is -3.76. The van der Waals surface area contributed by atoms with Crippen molar-refractivity contribution in [3.8, 4) is 11.4 Å². The Bertz CT molecular complexity index is 1760. The Morgan fingerprint density at radius 1 is 0.960 bits per heavy atom. The van der Waals surface area contributed by atoms with Crippen LogP contribution in [0.25, 0.3) is 21.8 Å². The van der Waals surface area contributed by atoms with Crippen LogP contribution in [-0.4, -0.2) is 45.4 Å². The van der Waals surface area contributed by atoms with Crippen molar-refractivity contribution in [2.75, 3.05) is 24.6 Å². The third-order valence-electron chi connectivity index (χ3n) is 11.2. The number of aliphatic imine (C=N–C) groups is 1. The fourth-order valence-corrected chi connectivity index (χ4v) is 8.41. The van der Waals surface area contributed by atoms with Crippen LogP contribution in [0.1, 0.15) is 112 Å². The van der Waals surface area contributed by atoms with Crippen molar-refractivity contribution in [1.29, 1.82) is 0 Å². The first kappa shape index (κ1) is 37.5. The van der Waals surface area contributed by atoms with Crippen LogP contribution >= 0.6 is 0 Å². The molecule has 7 nitrogen and oxygen atoms in total. The van der Waals surface area contributed by atoms with Gasteiger partial charge in [-0.1, -0.05) is 93.5 Å². The molecule has 2 aliphatic rings. The molecule has 1 aromatic heterocycles.